The van der Waals surface area contributed by atoms with Gasteiger partial charge in [-0.2, -0.15) is 4.68 Å². The van der Waals surface area contributed by atoms with Crippen LogP contribution in [0.2, 0.25) is 5.02 Å². The molecule has 96 valence electrons. The van der Waals surface area contributed by atoms with E-state index < -0.39 is 4.92 Å². The number of nitro groups is 1. The standard InChI is InChI=1S/C10H17ClN4O2/c1-7(2)12-4-8(3)5-14-6-9(11)10(13-14)15(16)17/h6-8,12H,4-5H2,1-3H3. The van der Waals surface area contributed by atoms with Crippen molar-refractivity contribution >= 4 is 17.4 Å². The third kappa shape index (κ3) is 4.32. The molecule has 7 heteroatoms. The highest BCUT2D eigenvalue weighted by atomic mass is 35.5. The summed E-state index contributed by atoms with van der Waals surface area (Å²) in [5.74, 6) is 0.0451. The van der Waals surface area contributed by atoms with Gasteiger partial charge in [0.2, 0.25) is 0 Å². The van der Waals surface area contributed by atoms with Crippen LogP contribution < -0.4 is 5.32 Å². The smallest absolute Gasteiger partial charge is 0.358 e. The largest absolute Gasteiger partial charge is 0.408 e. The monoisotopic (exact) mass is 260 g/mol. The first-order valence-electron chi connectivity index (χ1n) is 5.51. The zero-order chi connectivity index (χ0) is 13.0. The van der Waals surface area contributed by atoms with Gasteiger partial charge in [-0.3, -0.25) is 0 Å². The number of nitrogens with one attached hydrogen (secondary N) is 1. The van der Waals surface area contributed by atoms with Gasteiger partial charge in [-0.05, 0) is 17.4 Å². The second-order valence-corrected chi connectivity index (χ2v) is 4.86. The zero-order valence-corrected chi connectivity index (χ0v) is 10.9. The Morgan fingerprint density at radius 3 is 2.71 bits per heavy atom. The normalized spacial score (nSPS) is 13.0. The number of rotatable bonds is 6. The molecular formula is C10H17ClN4O2. The molecule has 0 saturated heterocycles. The first-order valence-corrected chi connectivity index (χ1v) is 5.88. The third-order valence-corrected chi connectivity index (χ3v) is 2.51. The Morgan fingerprint density at radius 2 is 2.24 bits per heavy atom. The summed E-state index contributed by atoms with van der Waals surface area (Å²) in [5, 5.41) is 17.8. The summed E-state index contributed by atoms with van der Waals surface area (Å²) >= 11 is 5.71. The summed E-state index contributed by atoms with van der Waals surface area (Å²) in [5.41, 5.74) is 0. The summed E-state index contributed by atoms with van der Waals surface area (Å²) in [6.07, 6.45) is 1.49. The van der Waals surface area contributed by atoms with Crippen molar-refractivity contribution in [2.24, 2.45) is 5.92 Å². The molecule has 0 radical (unpaired) electrons. The molecule has 0 aromatic carbocycles. The van der Waals surface area contributed by atoms with Gasteiger partial charge in [-0.15, -0.1) is 0 Å². The van der Waals surface area contributed by atoms with E-state index in [2.05, 4.69) is 31.2 Å². The minimum atomic E-state index is -0.574. The lowest BCUT2D eigenvalue weighted by Crippen LogP contribution is -2.29. The summed E-state index contributed by atoms with van der Waals surface area (Å²) in [7, 11) is 0. The van der Waals surface area contributed by atoms with Crippen molar-refractivity contribution in [3.63, 3.8) is 0 Å². The van der Waals surface area contributed by atoms with Gasteiger partial charge in [0.1, 0.15) is 0 Å². The lowest BCUT2D eigenvalue weighted by molar-refractivity contribution is -0.389. The average molecular weight is 261 g/mol. The van der Waals surface area contributed by atoms with Gasteiger partial charge in [-0.25, -0.2) is 0 Å². The average Bonchev–Trinajstić information content (AvgIpc) is 2.56. The maximum absolute atomic E-state index is 10.6. The number of aromatic nitrogens is 2. The predicted octanol–water partition coefficient (Wildman–Crippen LogP) is 2.08. The summed E-state index contributed by atoms with van der Waals surface area (Å²) in [4.78, 5) is 10.00. The van der Waals surface area contributed by atoms with Crippen molar-refractivity contribution in [1.29, 1.82) is 0 Å². The molecule has 0 bridgehead atoms. The molecule has 0 aliphatic heterocycles. The summed E-state index contributed by atoms with van der Waals surface area (Å²) in [6.45, 7) is 7.64. The lowest BCUT2D eigenvalue weighted by atomic mass is 10.2. The highest BCUT2D eigenvalue weighted by Gasteiger charge is 2.19. The Morgan fingerprint density at radius 1 is 1.59 bits per heavy atom. The van der Waals surface area contributed by atoms with Gasteiger partial charge in [0.15, 0.2) is 5.02 Å². The Kier molecular flexibility index (Phi) is 4.89. The maximum Gasteiger partial charge on any atom is 0.408 e. The van der Waals surface area contributed by atoms with Crippen LogP contribution in [-0.2, 0) is 6.54 Å². The predicted molar refractivity (Wildman–Crippen MR) is 66.2 cm³/mol. The van der Waals surface area contributed by atoms with E-state index in [-0.39, 0.29) is 10.8 Å². The SMILES string of the molecule is CC(CNC(C)C)Cn1cc(Cl)c([N+](=O)[O-])n1. The quantitative estimate of drug-likeness (QED) is 0.628. The van der Waals surface area contributed by atoms with Crippen LogP contribution in [0.5, 0.6) is 0 Å². The third-order valence-electron chi connectivity index (χ3n) is 2.25. The van der Waals surface area contributed by atoms with Crippen LogP contribution in [0.15, 0.2) is 6.20 Å². The number of hydrogen-bond acceptors (Lipinski definition) is 4. The molecule has 1 atom stereocenters. The minimum absolute atomic E-state index is 0.0824. The van der Waals surface area contributed by atoms with Crippen molar-refractivity contribution in [3.05, 3.63) is 21.3 Å². The second kappa shape index (κ2) is 5.97. The van der Waals surface area contributed by atoms with Gasteiger partial charge in [-0.1, -0.05) is 32.4 Å². The summed E-state index contributed by atoms with van der Waals surface area (Å²) in [6, 6.07) is 0.424. The van der Waals surface area contributed by atoms with Crippen molar-refractivity contribution in [3.8, 4) is 0 Å². The number of halogens is 1. The Bertz CT molecular complexity index is 392. The van der Waals surface area contributed by atoms with Crippen LogP contribution in [0.3, 0.4) is 0 Å². The van der Waals surface area contributed by atoms with E-state index in [0.29, 0.717) is 18.5 Å². The molecule has 1 rings (SSSR count). The maximum atomic E-state index is 10.6. The minimum Gasteiger partial charge on any atom is -0.358 e. The highest BCUT2D eigenvalue weighted by molar-refractivity contribution is 6.32. The Balaban J connectivity index is 2.57. The molecule has 1 aromatic heterocycles. The second-order valence-electron chi connectivity index (χ2n) is 4.45. The molecule has 17 heavy (non-hydrogen) atoms. The molecule has 6 nitrogen and oxygen atoms in total. The summed E-state index contributed by atoms with van der Waals surface area (Å²) < 4.78 is 1.52. The Labute approximate surface area is 105 Å². The molecule has 0 saturated carbocycles. The first-order chi connectivity index (χ1) is 7.90. The van der Waals surface area contributed by atoms with E-state index in [1.165, 1.54) is 10.9 Å². The lowest BCUT2D eigenvalue weighted by Gasteiger charge is -2.13. The van der Waals surface area contributed by atoms with E-state index in [1.807, 2.05) is 0 Å². The molecule has 0 aliphatic rings. The van der Waals surface area contributed by atoms with Crippen LogP contribution in [-0.4, -0.2) is 27.3 Å². The first kappa shape index (κ1) is 13.9. The van der Waals surface area contributed by atoms with Gasteiger partial charge < -0.3 is 15.4 Å². The molecule has 0 fully saturated rings. The number of nitrogens with zero attached hydrogens (tertiary/aromatic N) is 3. The Hall–Kier alpha value is -1.14. The molecule has 1 unspecified atom stereocenters. The van der Waals surface area contributed by atoms with E-state index in [1.54, 1.807) is 0 Å². The van der Waals surface area contributed by atoms with Crippen LogP contribution >= 0.6 is 11.6 Å². The van der Waals surface area contributed by atoms with E-state index in [0.717, 1.165) is 6.54 Å². The van der Waals surface area contributed by atoms with Gasteiger partial charge in [0, 0.05) is 6.04 Å². The molecule has 0 aliphatic carbocycles. The molecule has 1 N–H and O–H groups in total. The fourth-order valence-corrected chi connectivity index (χ4v) is 1.64. The fourth-order valence-electron chi connectivity index (χ4n) is 1.42. The number of hydrogen-bond donors (Lipinski definition) is 1. The molecular weight excluding hydrogens is 244 g/mol. The zero-order valence-electron chi connectivity index (χ0n) is 10.2. The van der Waals surface area contributed by atoms with Crippen molar-refractivity contribution in [1.82, 2.24) is 15.1 Å². The van der Waals surface area contributed by atoms with Gasteiger partial charge in [0.25, 0.3) is 0 Å². The van der Waals surface area contributed by atoms with Crippen LogP contribution in [0.1, 0.15) is 20.8 Å². The molecule has 0 spiro atoms. The van der Waals surface area contributed by atoms with Gasteiger partial charge in [0.05, 0.1) is 17.8 Å². The van der Waals surface area contributed by atoms with E-state index in [9.17, 15) is 10.1 Å². The van der Waals surface area contributed by atoms with E-state index in [4.69, 9.17) is 11.6 Å². The fraction of sp³-hybridized carbons (Fsp3) is 0.700. The van der Waals surface area contributed by atoms with Crippen LogP contribution in [0, 0.1) is 16.0 Å². The van der Waals surface area contributed by atoms with Crippen LogP contribution in [0.25, 0.3) is 0 Å². The highest BCUT2D eigenvalue weighted by Crippen LogP contribution is 2.21. The molecule has 1 heterocycles. The van der Waals surface area contributed by atoms with Gasteiger partial charge >= 0.3 is 5.82 Å². The van der Waals surface area contributed by atoms with Crippen molar-refractivity contribution < 1.29 is 4.92 Å². The molecule has 1 aromatic rings. The topological polar surface area (TPSA) is 73.0 Å². The van der Waals surface area contributed by atoms with Crippen LogP contribution in [0.4, 0.5) is 5.82 Å². The molecule has 0 amide bonds. The van der Waals surface area contributed by atoms with Crippen molar-refractivity contribution in [2.45, 2.75) is 33.4 Å². The van der Waals surface area contributed by atoms with E-state index >= 15 is 0 Å². The van der Waals surface area contributed by atoms with Crippen molar-refractivity contribution in [2.75, 3.05) is 6.54 Å².